The molecule has 1 aliphatic heterocycles. The Morgan fingerprint density at radius 1 is 1.53 bits per heavy atom. The summed E-state index contributed by atoms with van der Waals surface area (Å²) < 4.78 is 0. The molecule has 0 saturated carbocycles. The molecule has 100 valence electrons. The molecule has 0 aromatic heterocycles. The summed E-state index contributed by atoms with van der Waals surface area (Å²) in [5.74, 6) is 2.39. The number of nitrogens with two attached hydrogens (primary N) is 1. The average molecular weight is 258 g/mol. The van der Waals surface area contributed by atoms with Crippen LogP contribution in [0.5, 0.6) is 0 Å². The molecular weight excluding hydrogens is 232 g/mol. The van der Waals surface area contributed by atoms with E-state index in [1.54, 1.807) is 0 Å². The topological polar surface area (TPSA) is 55.1 Å². The van der Waals surface area contributed by atoms with Gasteiger partial charge >= 0.3 is 0 Å². The summed E-state index contributed by atoms with van der Waals surface area (Å²) in [6.45, 7) is 6.90. The highest BCUT2D eigenvalue weighted by atomic mass is 32.2. The zero-order valence-electron chi connectivity index (χ0n) is 11.3. The summed E-state index contributed by atoms with van der Waals surface area (Å²) in [7, 11) is 0. The second-order valence-corrected chi connectivity index (χ2v) is 7.27. The molecule has 3 N–H and O–H groups in total. The smallest absolute Gasteiger partial charge is 0.224 e. The molecule has 2 unspecified atom stereocenters. The Balaban J connectivity index is 2.42. The molecule has 17 heavy (non-hydrogen) atoms. The minimum Gasteiger partial charge on any atom is -0.352 e. The predicted molar refractivity (Wildman–Crippen MR) is 75.1 cm³/mol. The molecule has 2 atom stereocenters. The molecule has 0 bridgehead atoms. The van der Waals surface area contributed by atoms with Crippen LogP contribution in [0.2, 0.25) is 0 Å². The highest BCUT2D eigenvalue weighted by Gasteiger charge is 2.25. The van der Waals surface area contributed by atoms with Gasteiger partial charge in [-0.25, -0.2) is 0 Å². The van der Waals surface area contributed by atoms with Gasteiger partial charge in [0, 0.05) is 18.3 Å². The normalized spacial score (nSPS) is 23.2. The predicted octanol–water partition coefficient (Wildman–Crippen LogP) is 2.01. The van der Waals surface area contributed by atoms with Crippen LogP contribution in [0, 0.1) is 11.3 Å². The van der Waals surface area contributed by atoms with Gasteiger partial charge < -0.3 is 11.1 Å². The molecule has 1 fully saturated rings. The van der Waals surface area contributed by atoms with E-state index in [0.717, 1.165) is 18.6 Å². The fraction of sp³-hybridized carbons (Fsp3) is 0.923. The van der Waals surface area contributed by atoms with Crippen molar-refractivity contribution in [3.8, 4) is 0 Å². The first-order valence-corrected chi connectivity index (χ1v) is 7.66. The van der Waals surface area contributed by atoms with E-state index in [1.165, 1.54) is 12.2 Å². The molecule has 0 aromatic carbocycles. The summed E-state index contributed by atoms with van der Waals surface area (Å²) in [5, 5.41) is 3.15. The lowest BCUT2D eigenvalue weighted by Crippen LogP contribution is -2.44. The van der Waals surface area contributed by atoms with Gasteiger partial charge in [-0.15, -0.1) is 0 Å². The van der Waals surface area contributed by atoms with E-state index in [0.29, 0.717) is 12.6 Å². The van der Waals surface area contributed by atoms with E-state index in [1.807, 2.05) is 11.8 Å². The number of nitrogens with one attached hydrogen (secondary N) is 1. The quantitative estimate of drug-likeness (QED) is 0.811. The van der Waals surface area contributed by atoms with Crippen LogP contribution >= 0.6 is 11.8 Å². The Morgan fingerprint density at radius 2 is 2.24 bits per heavy atom. The fourth-order valence-electron chi connectivity index (χ4n) is 2.20. The minimum absolute atomic E-state index is 0.0399. The van der Waals surface area contributed by atoms with Gasteiger partial charge in [-0.2, -0.15) is 11.8 Å². The second kappa shape index (κ2) is 6.64. The summed E-state index contributed by atoms with van der Waals surface area (Å²) in [4.78, 5) is 12.1. The highest BCUT2D eigenvalue weighted by Crippen LogP contribution is 2.24. The number of hydrogen-bond donors (Lipinski definition) is 2. The van der Waals surface area contributed by atoms with Crippen LogP contribution in [0.4, 0.5) is 0 Å². The van der Waals surface area contributed by atoms with E-state index in [4.69, 9.17) is 5.73 Å². The van der Waals surface area contributed by atoms with Crippen LogP contribution in [0.1, 0.15) is 40.0 Å². The molecule has 1 amide bonds. The van der Waals surface area contributed by atoms with Gasteiger partial charge in [-0.1, -0.05) is 20.8 Å². The summed E-state index contributed by atoms with van der Waals surface area (Å²) >= 11 is 1.93. The first-order valence-electron chi connectivity index (χ1n) is 6.50. The van der Waals surface area contributed by atoms with Crippen molar-refractivity contribution >= 4 is 17.7 Å². The molecule has 0 spiro atoms. The molecule has 1 heterocycles. The van der Waals surface area contributed by atoms with Gasteiger partial charge in [0.15, 0.2) is 0 Å². The lowest BCUT2D eigenvalue weighted by atomic mass is 9.84. The van der Waals surface area contributed by atoms with Crippen molar-refractivity contribution in [2.75, 3.05) is 18.1 Å². The van der Waals surface area contributed by atoms with E-state index >= 15 is 0 Å². The van der Waals surface area contributed by atoms with Crippen LogP contribution in [0.3, 0.4) is 0 Å². The van der Waals surface area contributed by atoms with Crippen molar-refractivity contribution in [1.82, 2.24) is 5.32 Å². The highest BCUT2D eigenvalue weighted by molar-refractivity contribution is 7.99. The third kappa shape index (κ3) is 5.77. The average Bonchev–Trinajstić information content (AvgIpc) is 2.26. The Hall–Kier alpha value is -0.220. The first-order chi connectivity index (χ1) is 7.92. The van der Waals surface area contributed by atoms with E-state index < -0.39 is 0 Å². The van der Waals surface area contributed by atoms with Crippen LogP contribution in [0.25, 0.3) is 0 Å². The maximum absolute atomic E-state index is 12.1. The van der Waals surface area contributed by atoms with Gasteiger partial charge in [-0.05, 0) is 30.4 Å². The molecule has 0 aliphatic carbocycles. The largest absolute Gasteiger partial charge is 0.352 e. The molecule has 3 nitrogen and oxygen atoms in total. The molecule has 0 radical (unpaired) electrons. The number of thioether (sulfide) groups is 1. The third-order valence-corrected chi connectivity index (χ3v) is 4.24. The summed E-state index contributed by atoms with van der Waals surface area (Å²) in [6, 6.07) is 0.357. The SMILES string of the molecule is CC(C)(C)CC(CN)C(=O)NC1CCCSC1. The fourth-order valence-corrected chi connectivity index (χ4v) is 3.27. The van der Waals surface area contributed by atoms with Crippen molar-refractivity contribution in [3.63, 3.8) is 0 Å². The molecule has 0 aromatic rings. The Bertz CT molecular complexity index is 244. The number of carbonyl (C=O) groups is 1. The number of hydrogen-bond acceptors (Lipinski definition) is 3. The lowest BCUT2D eigenvalue weighted by molar-refractivity contribution is -0.126. The second-order valence-electron chi connectivity index (χ2n) is 6.12. The first kappa shape index (κ1) is 14.8. The van der Waals surface area contributed by atoms with Crippen molar-refractivity contribution in [2.45, 2.75) is 46.1 Å². The Morgan fingerprint density at radius 3 is 2.71 bits per heavy atom. The van der Waals surface area contributed by atoms with Gasteiger partial charge in [0.2, 0.25) is 5.91 Å². The zero-order valence-corrected chi connectivity index (χ0v) is 12.1. The van der Waals surface area contributed by atoms with Crippen LogP contribution in [-0.4, -0.2) is 30.0 Å². The van der Waals surface area contributed by atoms with Crippen LogP contribution < -0.4 is 11.1 Å². The number of rotatable bonds is 4. The molecule has 1 aliphatic rings. The standard InChI is InChI=1S/C13H26N2OS/c1-13(2,3)7-10(8-14)12(16)15-11-5-4-6-17-9-11/h10-11H,4-9,14H2,1-3H3,(H,15,16). The number of amides is 1. The molecular formula is C13H26N2OS. The molecule has 4 heteroatoms. The lowest BCUT2D eigenvalue weighted by Gasteiger charge is -2.28. The van der Waals surface area contributed by atoms with Crippen molar-refractivity contribution in [2.24, 2.45) is 17.1 Å². The third-order valence-electron chi connectivity index (χ3n) is 3.02. The Kier molecular flexibility index (Phi) is 5.80. The van der Waals surface area contributed by atoms with Crippen molar-refractivity contribution < 1.29 is 4.79 Å². The summed E-state index contributed by atoms with van der Waals surface area (Å²) in [6.07, 6.45) is 3.18. The van der Waals surface area contributed by atoms with E-state index in [2.05, 4.69) is 26.1 Å². The van der Waals surface area contributed by atoms with Crippen molar-refractivity contribution in [1.29, 1.82) is 0 Å². The Labute approximate surface area is 109 Å². The van der Waals surface area contributed by atoms with Crippen LogP contribution in [0.15, 0.2) is 0 Å². The van der Waals surface area contributed by atoms with Gasteiger partial charge in [-0.3, -0.25) is 4.79 Å². The van der Waals surface area contributed by atoms with E-state index in [-0.39, 0.29) is 17.2 Å². The maximum atomic E-state index is 12.1. The van der Waals surface area contributed by atoms with Gasteiger partial charge in [0.1, 0.15) is 0 Å². The monoisotopic (exact) mass is 258 g/mol. The number of carbonyl (C=O) groups excluding carboxylic acids is 1. The maximum Gasteiger partial charge on any atom is 0.224 e. The van der Waals surface area contributed by atoms with E-state index in [9.17, 15) is 4.79 Å². The van der Waals surface area contributed by atoms with Crippen LogP contribution in [-0.2, 0) is 4.79 Å². The van der Waals surface area contributed by atoms with Gasteiger partial charge in [0.25, 0.3) is 0 Å². The molecule has 1 rings (SSSR count). The molecule has 1 saturated heterocycles. The minimum atomic E-state index is -0.0399. The van der Waals surface area contributed by atoms with Gasteiger partial charge in [0.05, 0.1) is 5.92 Å². The van der Waals surface area contributed by atoms with Crippen molar-refractivity contribution in [3.05, 3.63) is 0 Å². The zero-order chi connectivity index (χ0) is 12.9. The summed E-state index contributed by atoms with van der Waals surface area (Å²) in [5.41, 5.74) is 5.88.